The molecule has 0 radical (unpaired) electrons. The Morgan fingerprint density at radius 1 is 0.928 bits per heavy atom. The maximum absolute atomic E-state index is 14.9. The zero-order valence-corrected chi connectivity index (χ0v) is 41.2. The van der Waals surface area contributed by atoms with Gasteiger partial charge in [0.05, 0.1) is 6.42 Å². The molecular weight excluding hydrogens is 897 g/mol. The van der Waals surface area contributed by atoms with E-state index in [1.54, 1.807) is 58.0 Å². The number of ether oxygens (including phenoxy) is 2. The number of likely N-dealkylation sites (N-methyl/N-ethyl adjacent to an activating group) is 1. The van der Waals surface area contributed by atoms with Crippen molar-refractivity contribution >= 4 is 59.2 Å². The van der Waals surface area contributed by atoms with Gasteiger partial charge in [0.2, 0.25) is 41.4 Å². The summed E-state index contributed by atoms with van der Waals surface area (Å²) in [7, 11) is 2.82. The first-order valence-corrected chi connectivity index (χ1v) is 23.8. The Morgan fingerprint density at radius 3 is 2.20 bits per heavy atom. The summed E-state index contributed by atoms with van der Waals surface area (Å²) in [5.41, 5.74) is 11.7. The molecule has 1 aromatic carbocycles. The molecule has 69 heavy (non-hydrogen) atoms. The Kier molecular flexibility index (Phi) is 22.8. The number of carbonyl (C=O) groups is 9. The molecule has 2 saturated heterocycles. The number of aliphatic imine (C=N–C) groups is 1. The van der Waals surface area contributed by atoms with Gasteiger partial charge in [-0.2, -0.15) is 0 Å². The Bertz CT molecular complexity index is 1980. The fourth-order valence-corrected chi connectivity index (χ4v) is 8.29. The summed E-state index contributed by atoms with van der Waals surface area (Å²) in [6.07, 6.45) is -0.818. The van der Waals surface area contributed by atoms with Crippen molar-refractivity contribution in [1.82, 2.24) is 36.4 Å². The van der Waals surface area contributed by atoms with Crippen molar-refractivity contribution in [3.8, 4) is 0 Å². The third-order valence-corrected chi connectivity index (χ3v) is 12.5. The van der Waals surface area contributed by atoms with Gasteiger partial charge in [-0.05, 0) is 56.4 Å². The maximum Gasteiger partial charge on any atom is 0.329 e. The number of amides is 7. The number of hydrogen-bond acceptors (Lipinski definition) is 12. The van der Waals surface area contributed by atoms with Crippen LogP contribution in [0.1, 0.15) is 111 Å². The summed E-state index contributed by atoms with van der Waals surface area (Å²) in [5.74, 6) is -9.47. The zero-order chi connectivity index (χ0) is 51.5. The molecule has 7 amide bonds. The van der Waals surface area contributed by atoms with Crippen molar-refractivity contribution in [2.24, 2.45) is 28.3 Å². The number of nitrogens with two attached hydrogens (primary N) is 2. The van der Waals surface area contributed by atoms with Gasteiger partial charge in [0.15, 0.2) is 5.96 Å². The van der Waals surface area contributed by atoms with Crippen LogP contribution in [0.2, 0.25) is 0 Å². The molecule has 22 heteroatoms. The highest BCUT2D eigenvalue weighted by molar-refractivity contribution is 5.99. The maximum atomic E-state index is 14.9. The predicted molar refractivity (Wildman–Crippen MR) is 253 cm³/mol. The van der Waals surface area contributed by atoms with Crippen LogP contribution in [0.4, 0.5) is 0 Å². The SMILES string of the molecule is CCCCCC(=O)N[C@H](CC(=O)O)C(=O)N[C@@H]1C(=O)N[C@@H](CCCN=C(N)N)C(=O)N[C@H]2CC[C@@H](OC)N(C2=O)[C@@H](C(C)C)C(=O)N(C)[C@@H](Cc2ccccc2)C(=O)N[C@@H]([C@@H](C)CC)C(=O)O[C@H]1C. The first-order chi connectivity index (χ1) is 32.6. The van der Waals surface area contributed by atoms with Gasteiger partial charge in [0.25, 0.3) is 0 Å². The molecule has 2 aliphatic rings. The minimum Gasteiger partial charge on any atom is -0.481 e. The molecule has 10 N–H and O–H groups in total. The lowest BCUT2D eigenvalue weighted by Gasteiger charge is -2.45. The van der Waals surface area contributed by atoms with Crippen LogP contribution in [0.5, 0.6) is 0 Å². The molecule has 2 heterocycles. The number of nitrogens with zero attached hydrogens (tertiary/aromatic N) is 3. The quantitative estimate of drug-likeness (QED) is 0.0398. The van der Waals surface area contributed by atoms with Gasteiger partial charge < -0.3 is 62.4 Å². The summed E-state index contributed by atoms with van der Waals surface area (Å²) in [5, 5.41) is 22.7. The van der Waals surface area contributed by atoms with E-state index in [1.165, 1.54) is 30.9 Å². The van der Waals surface area contributed by atoms with Crippen LogP contribution in [0.15, 0.2) is 35.3 Å². The van der Waals surface area contributed by atoms with E-state index in [1.807, 2.05) is 6.92 Å². The molecule has 1 aromatic rings. The van der Waals surface area contributed by atoms with Gasteiger partial charge in [-0.25, -0.2) is 4.79 Å². The molecule has 2 bridgehead atoms. The third-order valence-electron chi connectivity index (χ3n) is 12.5. The average molecular weight is 971 g/mol. The summed E-state index contributed by atoms with van der Waals surface area (Å²) < 4.78 is 11.7. The standard InChI is InChI=1S/C47H74N10O12/c1-9-11-13-20-34(58)51-32(25-36(59)60)41(62)55-38-28(6)69-46(67)37(27(5)10-2)54-42(63)33(24-29-17-14-12-15-18-29)56(7)45(66)39(26(3)4)57-35(68-8)22-21-31(44(57)65)53-40(61)30(52-43(38)64)19-16-23-50-47(48)49/h12,14-15,17-18,26-28,30-33,35,37-39H,9-11,13,16,19-25H2,1-8H3,(H,51,58)(H,52,64)(H,53,61)(H,54,63)(H,55,62)(H,59,60)(H4,48,49,50)/t27-,28-,30-,31-,32+,33-,35+,37-,38-,39-/m0/s1. The molecule has 0 aliphatic carbocycles. The highest BCUT2D eigenvalue weighted by atomic mass is 16.5. The number of carbonyl (C=O) groups excluding carboxylic acids is 8. The summed E-state index contributed by atoms with van der Waals surface area (Å²) in [6.45, 7) is 10.2. The molecule has 2 fully saturated rings. The lowest BCUT2D eigenvalue weighted by Crippen LogP contribution is -2.66. The van der Waals surface area contributed by atoms with Crippen molar-refractivity contribution in [1.29, 1.82) is 0 Å². The van der Waals surface area contributed by atoms with Gasteiger partial charge in [0, 0.05) is 33.5 Å². The molecule has 0 spiro atoms. The third kappa shape index (κ3) is 16.7. The molecule has 384 valence electrons. The van der Waals surface area contributed by atoms with E-state index >= 15 is 0 Å². The minimum absolute atomic E-state index is 0.00377. The fourth-order valence-electron chi connectivity index (χ4n) is 8.29. The predicted octanol–water partition coefficient (Wildman–Crippen LogP) is 0.200. The molecule has 22 nitrogen and oxygen atoms in total. The number of cyclic esters (lactones) is 1. The van der Waals surface area contributed by atoms with E-state index < -0.39 is 126 Å². The second-order valence-electron chi connectivity index (χ2n) is 18.1. The minimum atomic E-state index is -1.84. The van der Waals surface area contributed by atoms with Crippen LogP contribution in [0.3, 0.4) is 0 Å². The van der Waals surface area contributed by atoms with Crippen molar-refractivity contribution in [3.05, 3.63) is 35.9 Å². The van der Waals surface area contributed by atoms with Crippen LogP contribution in [-0.2, 0) is 59.0 Å². The van der Waals surface area contributed by atoms with Crippen LogP contribution in [-0.4, -0.2) is 149 Å². The lowest BCUT2D eigenvalue weighted by molar-refractivity contribution is -0.171. The second-order valence-corrected chi connectivity index (χ2v) is 18.1. The number of fused-ring (bicyclic) bond motifs is 2. The lowest BCUT2D eigenvalue weighted by atomic mass is 9.93. The number of carboxylic acids is 1. The van der Waals surface area contributed by atoms with Gasteiger partial charge in [-0.3, -0.25) is 43.3 Å². The Morgan fingerprint density at radius 2 is 1.61 bits per heavy atom. The van der Waals surface area contributed by atoms with E-state index in [0.717, 1.165) is 6.42 Å². The van der Waals surface area contributed by atoms with Crippen LogP contribution in [0.25, 0.3) is 0 Å². The highest BCUT2D eigenvalue weighted by Crippen LogP contribution is 2.28. The fraction of sp³-hybridized carbons (Fsp3) is 0.660. The number of aliphatic carboxylic acids is 1. The molecule has 0 aromatic heterocycles. The second kappa shape index (κ2) is 27.6. The van der Waals surface area contributed by atoms with Gasteiger partial charge in [-0.1, -0.05) is 84.2 Å². The number of hydrogen-bond donors (Lipinski definition) is 8. The molecule has 10 atom stereocenters. The molecule has 2 aliphatic heterocycles. The molecule has 0 saturated carbocycles. The van der Waals surface area contributed by atoms with Crippen molar-refractivity contribution in [2.45, 2.75) is 167 Å². The molecule has 0 unspecified atom stereocenters. The number of rotatable bonds is 19. The number of esters is 1. The highest BCUT2D eigenvalue weighted by Gasteiger charge is 2.47. The van der Waals surface area contributed by atoms with E-state index in [4.69, 9.17) is 20.9 Å². The number of methoxy groups -OCH3 is 1. The van der Waals surface area contributed by atoms with Crippen molar-refractivity contribution in [3.63, 3.8) is 0 Å². The van der Waals surface area contributed by atoms with Gasteiger partial charge in [-0.15, -0.1) is 0 Å². The van der Waals surface area contributed by atoms with E-state index in [0.29, 0.717) is 24.8 Å². The van der Waals surface area contributed by atoms with E-state index in [-0.39, 0.29) is 51.0 Å². The number of carboxylic acid groups (broad SMARTS) is 1. The van der Waals surface area contributed by atoms with Crippen molar-refractivity contribution < 1.29 is 57.7 Å². The number of nitrogens with one attached hydrogen (secondary N) is 5. The molecule has 3 rings (SSSR count). The summed E-state index contributed by atoms with van der Waals surface area (Å²) in [4.78, 5) is 133. The number of piperidine rings is 1. The number of guanidine groups is 1. The topological polar surface area (TPSA) is 323 Å². The van der Waals surface area contributed by atoms with Crippen LogP contribution in [0, 0.1) is 11.8 Å². The smallest absolute Gasteiger partial charge is 0.329 e. The van der Waals surface area contributed by atoms with E-state index in [2.05, 4.69) is 31.6 Å². The largest absolute Gasteiger partial charge is 0.481 e. The van der Waals surface area contributed by atoms with Crippen LogP contribution < -0.4 is 38.1 Å². The molecular formula is C47H74N10O12. The number of benzene rings is 1. The Balaban J connectivity index is 2.26. The van der Waals surface area contributed by atoms with Crippen molar-refractivity contribution in [2.75, 3.05) is 20.7 Å². The zero-order valence-electron chi connectivity index (χ0n) is 41.2. The normalized spacial score (nSPS) is 25.1. The number of unbranched alkanes of at least 4 members (excludes halogenated alkanes) is 2. The summed E-state index contributed by atoms with van der Waals surface area (Å²) in [6, 6.07) is -1.14. The van der Waals surface area contributed by atoms with Crippen LogP contribution >= 0.6 is 0 Å². The first-order valence-electron chi connectivity index (χ1n) is 23.8. The van der Waals surface area contributed by atoms with Gasteiger partial charge >= 0.3 is 11.9 Å². The first kappa shape index (κ1) is 57.0. The summed E-state index contributed by atoms with van der Waals surface area (Å²) >= 11 is 0. The average Bonchev–Trinajstić information content (AvgIpc) is 3.29. The van der Waals surface area contributed by atoms with Gasteiger partial charge in [0.1, 0.15) is 54.6 Å². The Hall–Kier alpha value is -6.32. The van der Waals surface area contributed by atoms with E-state index in [9.17, 15) is 48.3 Å². The Labute approximate surface area is 404 Å². The monoisotopic (exact) mass is 971 g/mol.